The predicted molar refractivity (Wildman–Crippen MR) is 68.1 cm³/mol. The normalized spacial score (nSPS) is 20.2. The van der Waals surface area contributed by atoms with Crippen molar-refractivity contribution in [3.05, 3.63) is 0 Å². The lowest BCUT2D eigenvalue weighted by Gasteiger charge is -2.24. The largest absolute Gasteiger partial charge is 0.316 e. The zero-order valence-corrected chi connectivity index (χ0v) is 10.9. The van der Waals surface area contributed by atoms with Crippen LogP contribution in [0.3, 0.4) is 0 Å². The van der Waals surface area contributed by atoms with Crippen LogP contribution < -0.4 is 5.32 Å². The first-order chi connectivity index (χ1) is 7.14. The van der Waals surface area contributed by atoms with Gasteiger partial charge >= 0.3 is 0 Å². The molecule has 0 saturated heterocycles. The fourth-order valence-electron chi connectivity index (χ4n) is 2.31. The van der Waals surface area contributed by atoms with Crippen molar-refractivity contribution in [1.82, 2.24) is 5.32 Å². The Bertz CT molecular complexity index is 155. The van der Waals surface area contributed by atoms with Gasteiger partial charge in [0, 0.05) is 6.54 Å². The summed E-state index contributed by atoms with van der Waals surface area (Å²) >= 11 is 0. The summed E-state index contributed by atoms with van der Waals surface area (Å²) in [4.78, 5) is 0. The van der Waals surface area contributed by atoms with Crippen LogP contribution in [0.5, 0.6) is 0 Å². The molecule has 0 unspecified atom stereocenters. The minimum Gasteiger partial charge on any atom is -0.316 e. The molecule has 1 aliphatic carbocycles. The Hall–Kier alpha value is -0.0400. The maximum absolute atomic E-state index is 3.67. The van der Waals surface area contributed by atoms with Gasteiger partial charge in [-0.05, 0) is 37.1 Å². The summed E-state index contributed by atoms with van der Waals surface area (Å²) in [5.41, 5.74) is 0.477. The Kier molecular flexibility index (Phi) is 5.66. The van der Waals surface area contributed by atoms with Crippen molar-refractivity contribution < 1.29 is 0 Å². The van der Waals surface area contributed by atoms with Crippen LogP contribution in [-0.2, 0) is 0 Å². The first-order valence-electron chi connectivity index (χ1n) is 6.85. The molecule has 1 rings (SSSR count). The van der Waals surface area contributed by atoms with Gasteiger partial charge in [-0.15, -0.1) is 0 Å². The van der Waals surface area contributed by atoms with E-state index in [4.69, 9.17) is 0 Å². The van der Waals surface area contributed by atoms with Gasteiger partial charge in [-0.3, -0.25) is 0 Å². The molecule has 1 aliphatic rings. The minimum atomic E-state index is 0.477. The third-order valence-electron chi connectivity index (χ3n) is 3.97. The molecule has 0 radical (unpaired) electrons. The molecular weight excluding hydrogens is 182 g/mol. The molecule has 0 amide bonds. The van der Waals surface area contributed by atoms with E-state index in [0.29, 0.717) is 5.41 Å². The van der Waals surface area contributed by atoms with Crippen LogP contribution in [0.25, 0.3) is 0 Å². The Morgan fingerprint density at radius 1 is 1.07 bits per heavy atom. The van der Waals surface area contributed by atoms with Crippen molar-refractivity contribution in [3.8, 4) is 0 Å². The molecule has 90 valence electrons. The fourth-order valence-corrected chi connectivity index (χ4v) is 2.31. The first kappa shape index (κ1) is 13.0. The van der Waals surface area contributed by atoms with Gasteiger partial charge in [0.2, 0.25) is 0 Å². The van der Waals surface area contributed by atoms with E-state index in [1.807, 2.05) is 0 Å². The van der Waals surface area contributed by atoms with Gasteiger partial charge in [0.05, 0.1) is 0 Å². The molecule has 0 aromatic heterocycles. The van der Waals surface area contributed by atoms with Crippen molar-refractivity contribution in [3.63, 3.8) is 0 Å². The summed E-state index contributed by atoms with van der Waals surface area (Å²) in [5, 5.41) is 3.67. The van der Waals surface area contributed by atoms with Gasteiger partial charge in [-0.25, -0.2) is 0 Å². The van der Waals surface area contributed by atoms with Gasteiger partial charge < -0.3 is 5.32 Å². The van der Waals surface area contributed by atoms with E-state index >= 15 is 0 Å². The van der Waals surface area contributed by atoms with Crippen molar-refractivity contribution in [2.24, 2.45) is 11.3 Å². The molecule has 0 spiro atoms. The zero-order chi connectivity index (χ0) is 11.1. The van der Waals surface area contributed by atoms with Crippen molar-refractivity contribution >= 4 is 0 Å². The van der Waals surface area contributed by atoms with Crippen LogP contribution in [0.1, 0.15) is 65.7 Å². The molecule has 0 atom stereocenters. The van der Waals surface area contributed by atoms with Crippen LogP contribution in [0, 0.1) is 11.3 Å². The Morgan fingerprint density at radius 2 is 1.67 bits per heavy atom. The lowest BCUT2D eigenvalue weighted by molar-refractivity contribution is 0.309. The Balaban J connectivity index is 2.13. The van der Waals surface area contributed by atoms with E-state index in [9.17, 15) is 0 Å². The lowest BCUT2D eigenvalue weighted by Crippen LogP contribution is -2.32. The molecular formula is C14H29N. The van der Waals surface area contributed by atoms with E-state index in [1.54, 1.807) is 0 Å². The highest BCUT2D eigenvalue weighted by molar-refractivity contribution is 4.72. The van der Waals surface area contributed by atoms with Crippen LogP contribution in [0.15, 0.2) is 0 Å². The van der Waals surface area contributed by atoms with Crippen molar-refractivity contribution in [2.45, 2.75) is 65.7 Å². The van der Waals surface area contributed by atoms with E-state index in [0.717, 1.165) is 5.92 Å². The molecule has 1 nitrogen and oxygen atoms in total. The highest BCUT2D eigenvalue weighted by Crippen LogP contribution is 2.23. The molecule has 0 bridgehead atoms. The SMILES string of the molecule is CCC(C)(C)CNCC1CCCCCC1. The number of nitrogens with one attached hydrogen (secondary N) is 1. The summed E-state index contributed by atoms with van der Waals surface area (Å²) in [6.45, 7) is 9.43. The second-order valence-corrected chi connectivity index (χ2v) is 6.01. The maximum Gasteiger partial charge on any atom is 0.000253 e. The molecule has 0 aliphatic heterocycles. The summed E-state index contributed by atoms with van der Waals surface area (Å²) in [6, 6.07) is 0. The number of hydrogen-bond donors (Lipinski definition) is 1. The second-order valence-electron chi connectivity index (χ2n) is 6.01. The number of rotatable bonds is 5. The smallest absolute Gasteiger partial charge is 0.000253 e. The summed E-state index contributed by atoms with van der Waals surface area (Å²) < 4.78 is 0. The third-order valence-corrected chi connectivity index (χ3v) is 3.97. The number of hydrogen-bond acceptors (Lipinski definition) is 1. The molecule has 1 N–H and O–H groups in total. The standard InChI is InChI=1S/C14H29N/c1-4-14(2,3)12-15-11-13-9-7-5-6-8-10-13/h13,15H,4-12H2,1-3H3. The zero-order valence-electron chi connectivity index (χ0n) is 10.9. The van der Waals surface area contributed by atoms with Crippen LogP contribution >= 0.6 is 0 Å². The Morgan fingerprint density at radius 3 is 2.20 bits per heavy atom. The van der Waals surface area contributed by atoms with E-state index < -0.39 is 0 Å². The van der Waals surface area contributed by atoms with E-state index in [2.05, 4.69) is 26.1 Å². The maximum atomic E-state index is 3.67. The van der Waals surface area contributed by atoms with Gasteiger partial charge in [0.15, 0.2) is 0 Å². The minimum absolute atomic E-state index is 0.477. The summed E-state index contributed by atoms with van der Waals surface area (Å²) in [6.07, 6.45) is 10.0. The fraction of sp³-hybridized carbons (Fsp3) is 1.00. The van der Waals surface area contributed by atoms with Crippen LogP contribution in [0.2, 0.25) is 0 Å². The van der Waals surface area contributed by atoms with E-state index in [1.165, 1.54) is 58.0 Å². The topological polar surface area (TPSA) is 12.0 Å². The average Bonchev–Trinajstić information content (AvgIpc) is 2.46. The monoisotopic (exact) mass is 211 g/mol. The van der Waals surface area contributed by atoms with Gasteiger partial charge in [0.25, 0.3) is 0 Å². The summed E-state index contributed by atoms with van der Waals surface area (Å²) in [5.74, 6) is 0.958. The van der Waals surface area contributed by atoms with Gasteiger partial charge in [-0.2, -0.15) is 0 Å². The molecule has 15 heavy (non-hydrogen) atoms. The first-order valence-corrected chi connectivity index (χ1v) is 6.85. The highest BCUT2D eigenvalue weighted by atomic mass is 14.9. The molecule has 0 aromatic carbocycles. The molecule has 1 saturated carbocycles. The predicted octanol–water partition coefficient (Wildman–Crippen LogP) is 3.98. The lowest BCUT2D eigenvalue weighted by atomic mass is 9.90. The van der Waals surface area contributed by atoms with Gasteiger partial charge in [0.1, 0.15) is 0 Å². The van der Waals surface area contributed by atoms with Crippen LogP contribution in [0.4, 0.5) is 0 Å². The van der Waals surface area contributed by atoms with E-state index in [-0.39, 0.29) is 0 Å². The van der Waals surface area contributed by atoms with Gasteiger partial charge in [-0.1, -0.05) is 46.5 Å². The highest BCUT2D eigenvalue weighted by Gasteiger charge is 2.16. The van der Waals surface area contributed by atoms with Crippen molar-refractivity contribution in [1.29, 1.82) is 0 Å². The summed E-state index contributed by atoms with van der Waals surface area (Å²) in [7, 11) is 0. The molecule has 0 aromatic rings. The second kappa shape index (κ2) is 6.52. The molecule has 0 heterocycles. The van der Waals surface area contributed by atoms with Crippen molar-refractivity contribution in [2.75, 3.05) is 13.1 Å². The molecule has 1 fully saturated rings. The van der Waals surface area contributed by atoms with Crippen LogP contribution in [-0.4, -0.2) is 13.1 Å². The third kappa shape index (κ3) is 5.55. The average molecular weight is 211 g/mol. The molecule has 1 heteroatoms. The Labute approximate surface area is 96.0 Å². The quantitative estimate of drug-likeness (QED) is 0.678.